The number of fused-ring (bicyclic) bond motifs is 2. The van der Waals surface area contributed by atoms with Crippen LogP contribution in [0.25, 0.3) is 22.2 Å². The highest BCUT2D eigenvalue weighted by molar-refractivity contribution is 6.36. The molecule has 444 valence electrons. The highest BCUT2D eigenvalue weighted by atomic mass is 35.5. The molecule has 0 spiro atoms. The molecule has 0 amide bonds. The Labute approximate surface area is 497 Å². The molecule has 8 aromatic rings. The summed E-state index contributed by atoms with van der Waals surface area (Å²) in [5, 5.41) is -0.344. The molecule has 5 aromatic carbocycles. The summed E-state index contributed by atoms with van der Waals surface area (Å²) in [5.74, 6) is 2.52. The number of aryl methyl sites for hydroxylation is 1. The number of methoxy groups -OCH3 is 4. The van der Waals surface area contributed by atoms with E-state index >= 15 is 17.6 Å². The van der Waals surface area contributed by atoms with Gasteiger partial charge in [-0.2, -0.15) is 23.1 Å². The van der Waals surface area contributed by atoms with Crippen molar-refractivity contribution in [3.63, 3.8) is 0 Å². The smallest absolute Gasteiger partial charge is 0.418 e. The first kappa shape index (κ1) is 58.6. The second-order valence-electron chi connectivity index (χ2n) is 21.8. The summed E-state index contributed by atoms with van der Waals surface area (Å²) in [4.78, 5) is 30.5. The molecule has 3 aliphatic rings. The Balaban J connectivity index is 1.05. The zero-order valence-corrected chi connectivity index (χ0v) is 49.4. The van der Waals surface area contributed by atoms with E-state index in [0.29, 0.717) is 49.0 Å². The molecule has 3 aliphatic heterocycles. The molecule has 2 unspecified atom stereocenters. The largest absolute Gasteiger partial charge is 0.497 e. The topological polar surface area (TPSA) is 123 Å². The van der Waals surface area contributed by atoms with Gasteiger partial charge in [-0.25, -0.2) is 14.4 Å². The van der Waals surface area contributed by atoms with Gasteiger partial charge in [-0.05, 0) is 122 Å². The summed E-state index contributed by atoms with van der Waals surface area (Å²) < 4.78 is 101. The highest BCUT2D eigenvalue weighted by Crippen LogP contribution is 2.52. The molecule has 6 heterocycles. The summed E-state index contributed by atoms with van der Waals surface area (Å²) in [6.45, 7) is 7.42. The van der Waals surface area contributed by atoms with Crippen molar-refractivity contribution in [2.24, 2.45) is 0 Å². The van der Waals surface area contributed by atoms with Gasteiger partial charge in [0.25, 0.3) is 0 Å². The number of pyridine rings is 2. The van der Waals surface area contributed by atoms with E-state index in [0.717, 1.165) is 65.2 Å². The predicted octanol–water partition coefficient (Wildman–Crippen LogP) is 12.8. The van der Waals surface area contributed by atoms with E-state index in [2.05, 4.69) is 21.7 Å². The maximum absolute atomic E-state index is 18.6. The van der Waals surface area contributed by atoms with E-state index in [1.54, 1.807) is 58.9 Å². The van der Waals surface area contributed by atoms with Gasteiger partial charge < -0.3 is 48.0 Å². The van der Waals surface area contributed by atoms with E-state index in [1.165, 1.54) is 13.0 Å². The Morgan fingerprint density at radius 2 is 1.24 bits per heavy atom. The van der Waals surface area contributed by atoms with Crippen LogP contribution < -0.4 is 43.1 Å². The summed E-state index contributed by atoms with van der Waals surface area (Å²) in [6, 6.07) is 35.7. The number of halogens is 5. The quantitative estimate of drug-likeness (QED) is 0.0634. The van der Waals surface area contributed by atoms with Gasteiger partial charge in [0.15, 0.2) is 11.6 Å². The van der Waals surface area contributed by atoms with Gasteiger partial charge >= 0.3 is 12.2 Å². The van der Waals surface area contributed by atoms with Crippen LogP contribution in [0.2, 0.25) is 5.02 Å². The minimum Gasteiger partial charge on any atom is -0.497 e. The standard InChI is InChI=1S/C65H68ClF4N9O6/c1-40-33-53(76(34-42-10-20-48(80-4)21-11-42)35-43-12-22-49(81-5)23-13-43)72-59(56(40)65(68,69)70)54-57(66)61-55-60(58(54)67)73-64(85-32-30-79-46-18-19-47(79)39-75(3)38-46)74-63(55)78(29-31-84-61)41(2)52-9-8-28-71-62(52)77(36-44-14-24-50(82-6)25-15-44)37-45-16-26-51(83-7)27-17-45/h8-17,20-28,33,41,46-47H,18-19,29-32,34-39H2,1-7H3/t41-,46?,47?/m1/s1. The molecule has 85 heavy (non-hydrogen) atoms. The monoisotopic (exact) mass is 1180 g/mol. The lowest BCUT2D eigenvalue weighted by Gasteiger charge is -2.39. The van der Waals surface area contributed by atoms with E-state index in [9.17, 15) is 0 Å². The minimum absolute atomic E-state index is 0.0317. The van der Waals surface area contributed by atoms with E-state index in [1.807, 2.05) is 102 Å². The Morgan fingerprint density at radius 1 is 0.718 bits per heavy atom. The third kappa shape index (κ3) is 12.5. The second kappa shape index (κ2) is 25.2. The van der Waals surface area contributed by atoms with Crippen molar-refractivity contribution in [1.29, 1.82) is 0 Å². The first-order chi connectivity index (χ1) is 41.1. The number of hydrogen-bond acceptors (Lipinski definition) is 15. The molecule has 2 fully saturated rings. The van der Waals surface area contributed by atoms with Gasteiger partial charge in [0, 0.05) is 69.7 Å². The fraction of sp³-hybridized carbons (Fsp3) is 0.354. The minimum atomic E-state index is -5.02. The Morgan fingerprint density at radius 3 is 1.74 bits per heavy atom. The first-order valence-corrected chi connectivity index (χ1v) is 28.7. The fourth-order valence-corrected chi connectivity index (χ4v) is 12.5. The van der Waals surface area contributed by atoms with Crippen molar-refractivity contribution < 1.29 is 46.0 Å². The van der Waals surface area contributed by atoms with Crippen LogP contribution in [0.1, 0.15) is 64.8 Å². The summed E-state index contributed by atoms with van der Waals surface area (Å²) in [6.07, 6.45) is -1.13. The third-order valence-electron chi connectivity index (χ3n) is 16.4. The molecule has 3 aromatic heterocycles. The molecule has 11 rings (SSSR count). The van der Waals surface area contributed by atoms with Gasteiger partial charge in [-0.3, -0.25) is 4.90 Å². The molecule has 20 heteroatoms. The van der Waals surface area contributed by atoms with Gasteiger partial charge in [-0.15, -0.1) is 0 Å². The first-order valence-electron chi connectivity index (χ1n) is 28.4. The van der Waals surface area contributed by atoms with E-state index < -0.39 is 39.9 Å². The third-order valence-corrected chi connectivity index (χ3v) is 16.8. The van der Waals surface area contributed by atoms with Crippen LogP contribution in [-0.4, -0.2) is 117 Å². The van der Waals surface area contributed by atoms with Gasteiger partial charge in [-0.1, -0.05) is 66.2 Å². The van der Waals surface area contributed by atoms with Crippen LogP contribution in [0.15, 0.2) is 121 Å². The average Bonchev–Trinajstić information content (AvgIpc) is 1.79. The van der Waals surface area contributed by atoms with Crippen molar-refractivity contribution in [3.8, 4) is 46.0 Å². The molecule has 0 aliphatic carbocycles. The van der Waals surface area contributed by atoms with Crippen molar-refractivity contribution in [2.45, 2.75) is 77.2 Å². The van der Waals surface area contributed by atoms with Gasteiger partial charge in [0.05, 0.1) is 68.3 Å². The molecule has 0 saturated carbocycles. The SMILES string of the molecule is COc1ccc(CN(Cc2ccc(OC)cc2)c2cc(C)c(C(F)(F)F)c(-c3c(Cl)c4c5c(nc(OCCN6C7CCC6CN(C)C7)nc5c3F)N([C@H](C)c3cccnc3N(Cc3ccc(OC)cc3)Cc3ccc(OC)cc3)CCO4)n2)cc1. The van der Waals surface area contributed by atoms with Crippen molar-refractivity contribution in [3.05, 3.63) is 171 Å². The molecule has 2 saturated heterocycles. The summed E-state index contributed by atoms with van der Waals surface area (Å²) in [5.41, 5.74) is 1.40. The number of likely N-dealkylation sites (tertiary alicyclic amines) is 1. The van der Waals surface area contributed by atoms with Crippen molar-refractivity contribution in [2.75, 3.05) is 89.6 Å². The molecule has 2 bridgehead atoms. The molecular weight excluding hydrogens is 1110 g/mol. The summed E-state index contributed by atoms with van der Waals surface area (Å²) in [7, 11) is 8.53. The Hall–Kier alpha value is -8.13. The number of likely N-dealkylation sites (N-methyl/N-ethyl adjacent to an activating group) is 1. The van der Waals surface area contributed by atoms with Crippen LogP contribution in [0.5, 0.6) is 34.8 Å². The lowest BCUT2D eigenvalue weighted by molar-refractivity contribution is -0.137. The van der Waals surface area contributed by atoms with Crippen molar-refractivity contribution in [1.82, 2.24) is 29.7 Å². The van der Waals surface area contributed by atoms with Crippen molar-refractivity contribution >= 4 is 40.0 Å². The number of hydrogen-bond donors (Lipinski definition) is 0. The number of nitrogens with zero attached hydrogens (tertiary/aromatic N) is 9. The zero-order chi connectivity index (χ0) is 59.5. The van der Waals surface area contributed by atoms with Crippen LogP contribution in [0, 0.1) is 12.7 Å². The van der Waals surface area contributed by atoms with Crippen LogP contribution in [0.4, 0.5) is 35.0 Å². The maximum Gasteiger partial charge on any atom is 0.418 e. The number of rotatable bonds is 21. The number of ether oxygens (including phenoxy) is 6. The summed E-state index contributed by atoms with van der Waals surface area (Å²) >= 11 is 7.43. The normalized spacial score (nSPS) is 16.4. The molecule has 0 radical (unpaired) electrons. The van der Waals surface area contributed by atoms with Gasteiger partial charge in [0.2, 0.25) is 0 Å². The van der Waals surface area contributed by atoms with Crippen LogP contribution in [-0.2, 0) is 32.4 Å². The molecule has 3 atom stereocenters. The number of alkyl halides is 3. The van der Waals surface area contributed by atoms with E-state index in [4.69, 9.17) is 60.0 Å². The second-order valence-corrected chi connectivity index (χ2v) is 22.2. The number of aromatic nitrogens is 4. The number of piperazine rings is 1. The van der Waals surface area contributed by atoms with Gasteiger partial charge in [0.1, 0.15) is 59.2 Å². The average molecular weight is 1180 g/mol. The lowest BCUT2D eigenvalue weighted by Crippen LogP contribution is -2.53. The Kier molecular flexibility index (Phi) is 17.4. The maximum atomic E-state index is 18.6. The van der Waals surface area contributed by atoms with Crippen LogP contribution in [0.3, 0.4) is 0 Å². The number of anilines is 3. The molecule has 15 nitrogen and oxygen atoms in total. The van der Waals surface area contributed by atoms with Crippen LogP contribution >= 0.6 is 11.6 Å². The zero-order valence-electron chi connectivity index (χ0n) is 48.6. The predicted molar refractivity (Wildman–Crippen MR) is 321 cm³/mol. The highest BCUT2D eigenvalue weighted by Gasteiger charge is 2.42. The Bertz CT molecular complexity index is 3530. The number of benzene rings is 5. The fourth-order valence-electron chi connectivity index (χ4n) is 12.1. The lowest BCUT2D eigenvalue weighted by atomic mass is 9.98. The molecular formula is C65H68ClF4N9O6. The molecule has 0 N–H and O–H groups in total. The van der Waals surface area contributed by atoms with E-state index in [-0.39, 0.29) is 72.7 Å².